The number of aromatic nitrogens is 2. The number of hydrogen-bond donors (Lipinski definition) is 3. The summed E-state index contributed by atoms with van der Waals surface area (Å²) in [6.07, 6.45) is 2.95. The molecule has 0 saturated carbocycles. The number of amides is 3. The average molecular weight is 616 g/mol. The number of aliphatic hydroxyl groups is 1. The van der Waals surface area contributed by atoms with Gasteiger partial charge in [0.2, 0.25) is 5.88 Å². The van der Waals surface area contributed by atoms with E-state index >= 15 is 0 Å². The van der Waals surface area contributed by atoms with Gasteiger partial charge >= 0.3 is 12.7 Å². The third-order valence-corrected chi connectivity index (χ3v) is 5.50. The molecule has 0 aliphatic carbocycles. The Morgan fingerprint density at radius 3 is 2.26 bits per heavy atom. The molecule has 0 aromatic carbocycles. The van der Waals surface area contributed by atoms with E-state index in [1.165, 1.54) is 0 Å². The van der Waals surface area contributed by atoms with Crippen molar-refractivity contribution in [3.63, 3.8) is 0 Å². The predicted molar refractivity (Wildman–Crippen MR) is 163 cm³/mol. The summed E-state index contributed by atoms with van der Waals surface area (Å²) in [5.41, 5.74) is 1.05. The summed E-state index contributed by atoms with van der Waals surface area (Å²) in [7, 11) is 0. The minimum atomic E-state index is -3.67. The van der Waals surface area contributed by atoms with Crippen molar-refractivity contribution in [2.24, 2.45) is 0 Å². The second kappa shape index (κ2) is 21.3. The second-order valence-electron chi connectivity index (χ2n) is 9.45. The first kappa shape index (κ1) is 39.5. The lowest BCUT2D eigenvalue weighted by Crippen LogP contribution is -2.44. The molecular weight excluding hydrogens is 567 g/mol. The fourth-order valence-corrected chi connectivity index (χ4v) is 3.72. The van der Waals surface area contributed by atoms with E-state index in [0.29, 0.717) is 43.7 Å². The summed E-state index contributed by atoms with van der Waals surface area (Å²) in [6.45, 7) is 12.5. The van der Waals surface area contributed by atoms with Crippen molar-refractivity contribution in [2.45, 2.75) is 99.6 Å². The number of anilines is 2. The van der Waals surface area contributed by atoms with Crippen LogP contribution in [-0.4, -0.2) is 65.3 Å². The van der Waals surface area contributed by atoms with Crippen LogP contribution in [-0.2, 0) is 4.74 Å². The number of urea groups is 1. The largest absolute Gasteiger partial charge is 0.478 e. The van der Waals surface area contributed by atoms with E-state index in [2.05, 4.69) is 27.5 Å². The summed E-state index contributed by atoms with van der Waals surface area (Å²) < 4.78 is 40.0. The summed E-state index contributed by atoms with van der Waals surface area (Å²) in [6, 6.07) is 8.11. The van der Waals surface area contributed by atoms with E-state index < -0.39 is 12.5 Å². The van der Waals surface area contributed by atoms with Crippen LogP contribution in [0.1, 0.15) is 90.2 Å². The summed E-state index contributed by atoms with van der Waals surface area (Å²) >= 11 is 0. The van der Waals surface area contributed by atoms with E-state index in [1.54, 1.807) is 49.1 Å². The van der Waals surface area contributed by atoms with Crippen LogP contribution in [0.4, 0.5) is 29.6 Å². The number of pyridine rings is 2. The lowest BCUT2D eigenvalue weighted by Gasteiger charge is -2.31. The highest BCUT2D eigenvalue weighted by molar-refractivity contribution is 6.02. The highest BCUT2D eigenvalue weighted by Gasteiger charge is 2.27. The number of hydrogen-bond acceptors (Lipinski definition) is 7. The highest BCUT2D eigenvalue weighted by atomic mass is 19.4. The molecule has 10 nitrogen and oxygen atoms in total. The Hall–Kier alpha value is -3.45. The molecule has 0 bridgehead atoms. The first-order chi connectivity index (χ1) is 20.3. The Kier molecular flexibility index (Phi) is 19.6. The Morgan fingerprint density at radius 2 is 1.70 bits per heavy atom. The van der Waals surface area contributed by atoms with Gasteiger partial charge in [0.25, 0.3) is 5.91 Å². The molecule has 1 unspecified atom stereocenters. The van der Waals surface area contributed by atoms with Crippen LogP contribution < -0.4 is 20.3 Å². The zero-order chi connectivity index (χ0) is 33.0. The van der Waals surface area contributed by atoms with Crippen molar-refractivity contribution >= 4 is 23.6 Å². The van der Waals surface area contributed by atoms with Crippen LogP contribution in [0.25, 0.3) is 0 Å². The molecule has 3 N–H and O–H groups in total. The van der Waals surface area contributed by atoms with Crippen LogP contribution in [0.2, 0.25) is 0 Å². The number of carbonyl (C=O) groups is 2. The third kappa shape index (κ3) is 16.1. The van der Waals surface area contributed by atoms with Gasteiger partial charge < -0.3 is 19.9 Å². The molecule has 13 heteroatoms. The number of aryl methyl sites for hydroxylation is 1. The maximum Gasteiger partial charge on any atom is 0.379 e. The van der Waals surface area contributed by atoms with Crippen LogP contribution in [0.5, 0.6) is 5.88 Å². The Bertz CT molecular complexity index is 1080. The first-order valence-electron chi connectivity index (χ1n) is 14.6. The number of nitrogens with zero attached hydrogens (tertiary/aromatic N) is 3. The van der Waals surface area contributed by atoms with Gasteiger partial charge in [0.15, 0.2) is 5.79 Å². The first-order valence-corrected chi connectivity index (χ1v) is 14.6. The lowest BCUT2D eigenvalue weighted by atomic mass is 10.1. The highest BCUT2D eigenvalue weighted by Crippen LogP contribution is 2.25. The van der Waals surface area contributed by atoms with Gasteiger partial charge in [0.1, 0.15) is 17.3 Å². The van der Waals surface area contributed by atoms with E-state index in [0.717, 1.165) is 24.8 Å². The SMILES string of the molecule is CC.CCCC(CC)N(C(=O)Nc1cccc(OCCCOC(C)(C)O)n1)c1nc(C(=O)NCC)ccc1C.FC(F)F. The molecule has 0 aliphatic heterocycles. The van der Waals surface area contributed by atoms with E-state index in [-0.39, 0.29) is 23.7 Å². The minimum Gasteiger partial charge on any atom is -0.478 e. The molecule has 43 heavy (non-hydrogen) atoms. The second-order valence-corrected chi connectivity index (χ2v) is 9.45. The topological polar surface area (TPSA) is 126 Å². The third-order valence-electron chi connectivity index (χ3n) is 5.50. The fraction of sp³-hybridized carbons (Fsp3) is 0.600. The molecule has 0 aliphatic rings. The zero-order valence-electron chi connectivity index (χ0n) is 26.5. The van der Waals surface area contributed by atoms with Crippen molar-refractivity contribution in [1.82, 2.24) is 15.3 Å². The van der Waals surface area contributed by atoms with E-state index in [4.69, 9.17) is 9.47 Å². The molecule has 0 spiro atoms. The van der Waals surface area contributed by atoms with Crippen LogP contribution >= 0.6 is 0 Å². The number of ether oxygens (including phenoxy) is 2. The van der Waals surface area contributed by atoms with Crippen LogP contribution in [0, 0.1) is 6.92 Å². The maximum atomic E-state index is 13.6. The van der Waals surface area contributed by atoms with Gasteiger partial charge in [0.05, 0.1) is 13.2 Å². The molecule has 0 saturated heterocycles. The predicted octanol–water partition coefficient (Wildman–Crippen LogP) is 6.87. The quantitative estimate of drug-likeness (QED) is 0.156. The summed E-state index contributed by atoms with van der Waals surface area (Å²) in [5.74, 6) is -0.327. The number of carbonyl (C=O) groups excluding carboxylic acids is 2. The van der Waals surface area contributed by atoms with Gasteiger partial charge in [-0.2, -0.15) is 18.2 Å². The van der Waals surface area contributed by atoms with Gasteiger partial charge in [-0.1, -0.05) is 46.2 Å². The molecule has 2 heterocycles. The number of rotatable bonds is 14. The van der Waals surface area contributed by atoms with E-state index in [9.17, 15) is 27.9 Å². The molecule has 3 amide bonds. The summed E-state index contributed by atoms with van der Waals surface area (Å²) in [5, 5.41) is 15.2. The number of nitrogens with one attached hydrogen (secondary N) is 2. The van der Waals surface area contributed by atoms with Crippen LogP contribution in [0.15, 0.2) is 30.3 Å². The average Bonchev–Trinajstić information content (AvgIpc) is 2.94. The normalized spacial score (nSPS) is 11.4. The monoisotopic (exact) mass is 615 g/mol. The van der Waals surface area contributed by atoms with Gasteiger partial charge in [-0.15, -0.1) is 0 Å². The van der Waals surface area contributed by atoms with Crippen molar-refractivity contribution in [2.75, 3.05) is 30.0 Å². The Morgan fingerprint density at radius 1 is 1.05 bits per heavy atom. The van der Waals surface area contributed by atoms with Gasteiger partial charge in [0, 0.05) is 25.1 Å². The Labute approximate surface area is 253 Å². The number of alkyl halides is 3. The lowest BCUT2D eigenvalue weighted by molar-refractivity contribution is -0.176. The molecule has 2 aromatic rings. The minimum absolute atomic E-state index is 0.115. The van der Waals surface area contributed by atoms with Crippen LogP contribution in [0.3, 0.4) is 0 Å². The molecular formula is C30H48F3N5O5. The van der Waals surface area contributed by atoms with Crippen molar-refractivity contribution in [1.29, 1.82) is 0 Å². The van der Waals surface area contributed by atoms with Crippen molar-refractivity contribution in [3.05, 3.63) is 41.6 Å². The molecule has 2 rings (SSSR count). The molecule has 0 fully saturated rings. The van der Waals surface area contributed by atoms with Gasteiger partial charge in [-0.3, -0.25) is 15.0 Å². The van der Waals surface area contributed by atoms with E-state index in [1.807, 2.05) is 34.6 Å². The zero-order valence-corrected chi connectivity index (χ0v) is 26.5. The fourth-order valence-electron chi connectivity index (χ4n) is 3.72. The van der Waals surface area contributed by atoms with Crippen molar-refractivity contribution in [3.8, 4) is 5.88 Å². The standard InChI is InChI=1S/C27H41N5O5.C2H6.CHF3/c1-7-12-20(8-2)32(24-19(4)15-16-21(29-24)25(33)28-9-3)26(34)31-22-13-10-14-23(30-22)36-17-11-18-37-27(5,6)35;1-2;2-1(3)4/h10,13-16,20,35H,7-9,11-12,17-18H2,1-6H3,(H,28,33)(H,30,31,34);1-2H3;1H. The number of halogens is 3. The maximum absolute atomic E-state index is 13.6. The summed E-state index contributed by atoms with van der Waals surface area (Å²) in [4.78, 5) is 36.6. The molecule has 0 radical (unpaired) electrons. The molecule has 1 atom stereocenters. The van der Waals surface area contributed by atoms with Gasteiger partial charge in [-0.25, -0.2) is 9.78 Å². The Balaban J connectivity index is 0.00000270. The van der Waals surface area contributed by atoms with Crippen molar-refractivity contribution < 1.29 is 37.3 Å². The smallest absolute Gasteiger partial charge is 0.379 e. The van der Waals surface area contributed by atoms with Gasteiger partial charge in [-0.05, 0) is 58.2 Å². The molecule has 2 aromatic heterocycles. The molecule has 244 valence electrons.